The van der Waals surface area contributed by atoms with Gasteiger partial charge in [0.2, 0.25) is 0 Å². The molecule has 3 rings (SSSR count). The summed E-state index contributed by atoms with van der Waals surface area (Å²) in [6.07, 6.45) is 7.18. The Morgan fingerprint density at radius 2 is 1.89 bits per heavy atom. The first-order chi connectivity index (χ1) is 13.0. The Morgan fingerprint density at radius 3 is 2.48 bits per heavy atom. The number of ether oxygens (including phenoxy) is 1. The summed E-state index contributed by atoms with van der Waals surface area (Å²) in [4.78, 5) is 2.15. The molecule has 1 atom stereocenters. The minimum Gasteiger partial charge on any atom is -0.497 e. The van der Waals surface area contributed by atoms with E-state index in [1.54, 1.807) is 24.4 Å². The van der Waals surface area contributed by atoms with Crippen molar-refractivity contribution in [3.05, 3.63) is 64.7 Å². The number of hydrogen-bond donors (Lipinski definition) is 1. The van der Waals surface area contributed by atoms with E-state index in [0.717, 1.165) is 35.5 Å². The lowest BCUT2D eigenvalue weighted by atomic mass is 9.92. The molecule has 0 spiro atoms. The van der Waals surface area contributed by atoms with Gasteiger partial charge in [0.05, 0.1) is 18.6 Å². The zero-order valence-corrected chi connectivity index (χ0v) is 18.2. The average molecular weight is 421 g/mol. The van der Waals surface area contributed by atoms with E-state index in [-0.39, 0.29) is 6.04 Å². The molecule has 0 radical (unpaired) electrons. The smallest absolute Gasteiger partial charge is 0.118 e. The van der Waals surface area contributed by atoms with E-state index in [4.69, 9.17) is 34.3 Å². The Morgan fingerprint density at radius 1 is 1.22 bits per heavy atom. The standard InChI is InChI=1S/C19H19ClN2OS.C2H6S/c1-23-16-5-2-13(3-6-16)19-10-14(8-9-22(19)12-24)17-11-15(20)4-7-18(17)21;1-3-2/h2-7,10-12,19H,8-9,21H2,1H3;1-2H3. The monoisotopic (exact) mass is 420 g/mol. The van der Waals surface area contributed by atoms with Gasteiger partial charge in [0.15, 0.2) is 0 Å². The molecule has 0 fully saturated rings. The Hall–Kier alpha value is -1.69. The van der Waals surface area contributed by atoms with Gasteiger partial charge < -0.3 is 15.4 Å². The molecule has 0 saturated carbocycles. The highest BCUT2D eigenvalue weighted by Gasteiger charge is 2.23. The van der Waals surface area contributed by atoms with Crippen LogP contribution in [-0.2, 0) is 0 Å². The number of benzene rings is 2. The first kappa shape index (κ1) is 21.6. The van der Waals surface area contributed by atoms with E-state index in [9.17, 15) is 0 Å². The maximum atomic E-state index is 6.15. The van der Waals surface area contributed by atoms with Gasteiger partial charge in [0.1, 0.15) is 5.75 Å². The molecule has 2 aromatic carbocycles. The lowest BCUT2D eigenvalue weighted by Crippen LogP contribution is -2.30. The van der Waals surface area contributed by atoms with E-state index < -0.39 is 0 Å². The van der Waals surface area contributed by atoms with Crippen molar-refractivity contribution in [2.45, 2.75) is 12.5 Å². The summed E-state index contributed by atoms with van der Waals surface area (Å²) in [7, 11) is 1.67. The van der Waals surface area contributed by atoms with Crippen LogP contribution in [-0.4, -0.2) is 36.6 Å². The number of nitrogens with zero attached hydrogens (tertiary/aromatic N) is 1. The number of hydrogen-bond acceptors (Lipinski definition) is 4. The van der Waals surface area contributed by atoms with Gasteiger partial charge in [0.25, 0.3) is 0 Å². The van der Waals surface area contributed by atoms with Crippen molar-refractivity contribution in [1.82, 2.24) is 4.90 Å². The number of methoxy groups -OCH3 is 1. The Labute approximate surface area is 176 Å². The number of halogens is 1. The second-order valence-corrected chi connectivity index (χ2v) is 7.61. The van der Waals surface area contributed by atoms with Crippen LogP contribution in [0.1, 0.15) is 23.6 Å². The predicted molar refractivity (Wildman–Crippen MR) is 124 cm³/mol. The van der Waals surface area contributed by atoms with Gasteiger partial charge in [-0.3, -0.25) is 0 Å². The highest BCUT2D eigenvalue weighted by molar-refractivity contribution is 7.97. The van der Waals surface area contributed by atoms with Gasteiger partial charge in [-0.1, -0.05) is 42.0 Å². The van der Waals surface area contributed by atoms with Crippen LogP contribution in [0.4, 0.5) is 5.69 Å². The number of nitrogen functional groups attached to an aromatic ring is 1. The maximum absolute atomic E-state index is 6.15. The highest BCUT2D eigenvalue weighted by atomic mass is 35.5. The molecule has 0 aromatic heterocycles. The van der Waals surface area contributed by atoms with E-state index in [1.165, 1.54) is 5.57 Å². The first-order valence-electron chi connectivity index (χ1n) is 8.55. The zero-order chi connectivity index (χ0) is 19.8. The molecule has 1 aliphatic rings. The second-order valence-electron chi connectivity index (χ2n) is 6.14. The molecule has 2 N–H and O–H groups in total. The average Bonchev–Trinajstić information content (AvgIpc) is 2.70. The quantitative estimate of drug-likeness (QED) is 0.507. The van der Waals surface area contributed by atoms with Crippen molar-refractivity contribution in [3.63, 3.8) is 0 Å². The number of thiocarbonyl (C=S) groups is 1. The molecule has 0 saturated heterocycles. The van der Waals surface area contributed by atoms with Crippen LogP contribution in [0, 0.1) is 0 Å². The van der Waals surface area contributed by atoms with Crippen LogP contribution in [0.25, 0.3) is 5.57 Å². The summed E-state index contributed by atoms with van der Waals surface area (Å²) in [5, 5.41) is 0.693. The molecule has 1 heterocycles. The Bertz CT molecular complexity index is 793. The summed E-state index contributed by atoms with van der Waals surface area (Å²) in [6.45, 7) is 0.845. The summed E-state index contributed by atoms with van der Waals surface area (Å²) in [5.74, 6) is 0.840. The molecule has 0 bridgehead atoms. The third-order valence-corrected chi connectivity index (χ3v) is 4.82. The Balaban J connectivity index is 0.000000817. The van der Waals surface area contributed by atoms with Crippen molar-refractivity contribution >= 4 is 52.3 Å². The van der Waals surface area contributed by atoms with E-state index in [2.05, 4.69) is 23.1 Å². The molecule has 144 valence electrons. The van der Waals surface area contributed by atoms with Crippen LogP contribution in [0.15, 0.2) is 48.5 Å². The lowest BCUT2D eigenvalue weighted by Gasteiger charge is -2.33. The topological polar surface area (TPSA) is 38.5 Å². The number of anilines is 1. The molecule has 1 unspecified atom stereocenters. The highest BCUT2D eigenvalue weighted by Crippen LogP contribution is 2.36. The molecule has 2 aromatic rings. The third-order valence-electron chi connectivity index (χ3n) is 4.31. The molecule has 3 nitrogen and oxygen atoms in total. The SMILES string of the molecule is COc1ccc(C2C=C(c3cc(Cl)ccc3N)CCN2C=S)cc1.CSC. The van der Waals surface area contributed by atoms with E-state index in [1.807, 2.05) is 42.8 Å². The second kappa shape index (κ2) is 10.6. The fourth-order valence-corrected chi connectivity index (χ4v) is 3.41. The molecule has 1 aliphatic heterocycles. The summed E-state index contributed by atoms with van der Waals surface area (Å²) in [6, 6.07) is 13.7. The van der Waals surface area contributed by atoms with Crippen LogP contribution >= 0.6 is 35.6 Å². The molecule has 6 heteroatoms. The molecule has 0 amide bonds. The zero-order valence-electron chi connectivity index (χ0n) is 15.8. The molecular weight excluding hydrogens is 396 g/mol. The van der Waals surface area contributed by atoms with Crippen LogP contribution in [0.3, 0.4) is 0 Å². The summed E-state index contributed by atoms with van der Waals surface area (Å²) >= 11 is 13.1. The molecule has 27 heavy (non-hydrogen) atoms. The van der Waals surface area contributed by atoms with Gasteiger partial charge in [-0.15, -0.1) is 0 Å². The van der Waals surface area contributed by atoms with Crippen molar-refractivity contribution in [1.29, 1.82) is 0 Å². The van der Waals surface area contributed by atoms with Gasteiger partial charge in [0, 0.05) is 22.8 Å². The van der Waals surface area contributed by atoms with Crippen molar-refractivity contribution in [2.24, 2.45) is 0 Å². The predicted octanol–water partition coefficient (Wildman–Crippen LogP) is 5.70. The number of rotatable bonds is 4. The molecule has 0 aliphatic carbocycles. The fourth-order valence-electron chi connectivity index (χ4n) is 3.00. The third kappa shape index (κ3) is 5.64. The van der Waals surface area contributed by atoms with Crippen LogP contribution < -0.4 is 10.5 Å². The number of nitrogens with two attached hydrogens (primary N) is 1. The minimum absolute atomic E-state index is 0.0792. The Kier molecular flexibility index (Phi) is 8.48. The largest absolute Gasteiger partial charge is 0.497 e. The maximum Gasteiger partial charge on any atom is 0.118 e. The van der Waals surface area contributed by atoms with Crippen molar-refractivity contribution < 1.29 is 4.74 Å². The fraction of sp³-hybridized carbons (Fsp3) is 0.286. The van der Waals surface area contributed by atoms with E-state index >= 15 is 0 Å². The first-order valence-corrected chi connectivity index (χ1v) is 11.0. The van der Waals surface area contributed by atoms with Gasteiger partial charge in [-0.2, -0.15) is 11.8 Å². The van der Waals surface area contributed by atoms with Crippen LogP contribution in [0.2, 0.25) is 5.02 Å². The lowest BCUT2D eigenvalue weighted by molar-refractivity contribution is 0.376. The van der Waals surface area contributed by atoms with E-state index in [0.29, 0.717) is 5.02 Å². The van der Waals surface area contributed by atoms with Crippen molar-refractivity contribution in [2.75, 3.05) is 31.9 Å². The van der Waals surface area contributed by atoms with Gasteiger partial charge in [-0.05, 0) is 60.4 Å². The summed E-state index contributed by atoms with van der Waals surface area (Å²) < 4.78 is 5.24. The van der Waals surface area contributed by atoms with Crippen LogP contribution in [0.5, 0.6) is 5.75 Å². The van der Waals surface area contributed by atoms with Gasteiger partial charge >= 0.3 is 0 Å². The normalized spacial score (nSPS) is 16.1. The minimum atomic E-state index is 0.0792. The summed E-state index contributed by atoms with van der Waals surface area (Å²) in [5.41, 5.74) is 12.0. The number of thioether (sulfide) groups is 1. The molecular formula is C21H25ClN2OS2. The van der Waals surface area contributed by atoms with Crippen molar-refractivity contribution in [3.8, 4) is 5.75 Å². The van der Waals surface area contributed by atoms with Gasteiger partial charge in [-0.25, -0.2) is 0 Å².